The molecule has 0 radical (unpaired) electrons. The maximum atomic E-state index is 5.72. The van der Waals surface area contributed by atoms with E-state index in [1.54, 1.807) is 11.3 Å². The van der Waals surface area contributed by atoms with Crippen LogP contribution in [0, 0.1) is 6.92 Å². The highest BCUT2D eigenvalue weighted by molar-refractivity contribution is 7.18. The zero-order chi connectivity index (χ0) is 8.55. The Morgan fingerprint density at radius 2 is 2.33 bits per heavy atom. The Balaban J connectivity index is 2.66. The molecule has 0 amide bonds. The molecule has 0 atom stereocenters. The van der Waals surface area contributed by atoms with E-state index in [1.165, 1.54) is 4.70 Å². The molecule has 0 aliphatic carbocycles. The van der Waals surface area contributed by atoms with Crippen LogP contribution < -0.4 is 0 Å². The van der Waals surface area contributed by atoms with Gasteiger partial charge in [-0.2, -0.15) is 0 Å². The Hall–Kier alpha value is -0.600. The lowest BCUT2D eigenvalue weighted by Crippen LogP contribution is -1.75. The fraction of sp³-hybridized carbons (Fsp3) is 0.222. The van der Waals surface area contributed by atoms with Gasteiger partial charge in [-0.3, -0.25) is 0 Å². The fourth-order valence-corrected chi connectivity index (χ4v) is 2.22. The van der Waals surface area contributed by atoms with Crippen molar-refractivity contribution in [3.8, 4) is 0 Å². The molecule has 0 aliphatic rings. The van der Waals surface area contributed by atoms with Gasteiger partial charge < -0.3 is 0 Å². The van der Waals surface area contributed by atoms with Crippen molar-refractivity contribution in [3.05, 3.63) is 28.8 Å². The van der Waals surface area contributed by atoms with Crippen molar-refractivity contribution in [2.45, 2.75) is 12.8 Å². The summed E-state index contributed by atoms with van der Waals surface area (Å²) in [5, 5.41) is 1.11. The zero-order valence-electron chi connectivity index (χ0n) is 6.67. The largest absolute Gasteiger partial charge is 0.242 e. The van der Waals surface area contributed by atoms with Crippen molar-refractivity contribution in [2.75, 3.05) is 0 Å². The summed E-state index contributed by atoms with van der Waals surface area (Å²) >= 11 is 7.43. The number of hydrogen-bond donors (Lipinski definition) is 0. The van der Waals surface area contributed by atoms with Crippen molar-refractivity contribution in [1.29, 1.82) is 0 Å². The van der Waals surface area contributed by atoms with Crippen LogP contribution in [-0.2, 0) is 5.88 Å². The van der Waals surface area contributed by atoms with Gasteiger partial charge in [-0.05, 0) is 24.6 Å². The lowest BCUT2D eigenvalue weighted by atomic mass is 10.2. The molecule has 0 fully saturated rings. The second kappa shape index (κ2) is 3.04. The van der Waals surface area contributed by atoms with Crippen LogP contribution in [0.15, 0.2) is 18.2 Å². The Kier molecular flexibility index (Phi) is 2.03. The average molecular weight is 198 g/mol. The van der Waals surface area contributed by atoms with Gasteiger partial charge in [0.25, 0.3) is 0 Å². The first-order valence-electron chi connectivity index (χ1n) is 3.71. The molecule has 0 bridgehead atoms. The van der Waals surface area contributed by atoms with Crippen LogP contribution in [0.2, 0.25) is 0 Å². The van der Waals surface area contributed by atoms with Gasteiger partial charge in [0.05, 0.1) is 15.2 Å². The molecule has 12 heavy (non-hydrogen) atoms. The second-order valence-corrected chi connectivity index (χ2v) is 4.17. The van der Waals surface area contributed by atoms with Crippen LogP contribution in [0.3, 0.4) is 0 Å². The standard InChI is InChI=1S/C9H8ClNS/c1-6-11-8-3-2-7(5-10)4-9(8)12-6/h2-4H,5H2,1H3. The van der Waals surface area contributed by atoms with E-state index in [9.17, 15) is 0 Å². The van der Waals surface area contributed by atoms with Crippen LogP contribution in [-0.4, -0.2) is 4.98 Å². The molecule has 0 N–H and O–H groups in total. The van der Waals surface area contributed by atoms with Crippen molar-refractivity contribution in [2.24, 2.45) is 0 Å². The lowest BCUT2D eigenvalue weighted by molar-refractivity contribution is 1.34. The highest BCUT2D eigenvalue weighted by atomic mass is 35.5. The van der Waals surface area contributed by atoms with Gasteiger partial charge in [0.2, 0.25) is 0 Å². The minimum atomic E-state index is 0.576. The fourth-order valence-electron chi connectivity index (χ4n) is 1.17. The maximum Gasteiger partial charge on any atom is 0.0907 e. The van der Waals surface area contributed by atoms with E-state index in [2.05, 4.69) is 11.1 Å². The number of halogens is 1. The number of nitrogens with zero attached hydrogens (tertiary/aromatic N) is 1. The van der Waals surface area contributed by atoms with E-state index < -0.39 is 0 Å². The monoisotopic (exact) mass is 197 g/mol. The van der Waals surface area contributed by atoms with Crippen molar-refractivity contribution in [1.82, 2.24) is 4.98 Å². The SMILES string of the molecule is Cc1nc2ccc(CCl)cc2s1. The minimum Gasteiger partial charge on any atom is -0.242 e. The Morgan fingerprint density at radius 3 is 3.08 bits per heavy atom. The van der Waals surface area contributed by atoms with Crippen molar-refractivity contribution < 1.29 is 0 Å². The quantitative estimate of drug-likeness (QED) is 0.639. The maximum absolute atomic E-state index is 5.72. The number of rotatable bonds is 1. The molecule has 0 unspecified atom stereocenters. The summed E-state index contributed by atoms with van der Waals surface area (Å²) in [6.07, 6.45) is 0. The van der Waals surface area contributed by atoms with E-state index >= 15 is 0 Å². The van der Waals surface area contributed by atoms with Gasteiger partial charge >= 0.3 is 0 Å². The molecule has 3 heteroatoms. The second-order valence-electron chi connectivity index (χ2n) is 2.67. The van der Waals surface area contributed by atoms with Crippen LogP contribution >= 0.6 is 22.9 Å². The Labute approximate surface area is 80.0 Å². The van der Waals surface area contributed by atoms with Gasteiger partial charge in [0, 0.05) is 5.88 Å². The summed E-state index contributed by atoms with van der Waals surface area (Å²) in [5.41, 5.74) is 2.24. The van der Waals surface area contributed by atoms with Crippen LogP contribution in [0.4, 0.5) is 0 Å². The van der Waals surface area contributed by atoms with Gasteiger partial charge in [0.15, 0.2) is 0 Å². The Bertz CT molecular complexity index is 408. The lowest BCUT2D eigenvalue weighted by Gasteiger charge is -1.92. The van der Waals surface area contributed by atoms with Crippen LogP contribution in [0.5, 0.6) is 0 Å². The van der Waals surface area contributed by atoms with Crippen LogP contribution in [0.25, 0.3) is 10.2 Å². The van der Waals surface area contributed by atoms with E-state index in [-0.39, 0.29) is 0 Å². The first-order valence-corrected chi connectivity index (χ1v) is 5.07. The molecule has 2 aromatic rings. The number of hydrogen-bond acceptors (Lipinski definition) is 2. The predicted molar refractivity (Wildman–Crippen MR) is 53.9 cm³/mol. The third-order valence-electron chi connectivity index (χ3n) is 1.71. The minimum absolute atomic E-state index is 0.576. The summed E-state index contributed by atoms with van der Waals surface area (Å²) in [7, 11) is 0. The van der Waals surface area contributed by atoms with Gasteiger partial charge in [-0.1, -0.05) is 6.07 Å². The van der Waals surface area contributed by atoms with E-state index in [4.69, 9.17) is 11.6 Å². The molecular weight excluding hydrogens is 190 g/mol. The number of alkyl halides is 1. The van der Waals surface area contributed by atoms with E-state index in [1.807, 2.05) is 19.1 Å². The highest BCUT2D eigenvalue weighted by Gasteiger charge is 2.00. The topological polar surface area (TPSA) is 12.9 Å². The number of fused-ring (bicyclic) bond motifs is 1. The molecule has 0 saturated heterocycles. The van der Waals surface area contributed by atoms with Crippen LogP contribution in [0.1, 0.15) is 10.6 Å². The molecule has 1 aromatic carbocycles. The van der Waals surface area contributed by atoms with Crippen molar-refractivity contribution >= 4 is 33.2 Å². The van der Waals surface area contributed by atoms with E-state index in [0.717, 1.165) is 16.1 Å². The molecule has 1 aromatic heterocycles. The number of aromatic nitrogens is 1. The third-order valence-corrected chi connectivity index (χ3v) is 2.96. The zero-order valence-corrected chi connectivity index (χ0v) is 8.25. The van der Waals surface area contributed by atoms with Gasteiger partial charge in [-0.25, -0.2) is 4.98 Å². The first kappa shape index (κ1) is 8.02. The summed E-state index contributed by atoms with van der Waals surface area (Å²) in [4.78, 5) is 4.36. The molecule has 2 rings (SSSR count). The van der Waals surface area contributed by atoms with Crippen molar-refractivity contribution in [3.63, 3.8) is 0 Å². The highest BCUT2D eigenvalue weighted by Crippen LogP contribution is 2.22. The van der Waals surface area contributed by atoms with Gasteiger partial charge in [-0.15, -0.1) is 22.9 Å². The first-order chi connectivity index (χ1) is 5.79. The van der Waals surface area contributed by atoms with Gasteiger partial charge in [0.1, 0.15) is 0 Å². The normalized spacial score (nSPS) is 10.8. The smallest absolute Gasteiger partial charge is 0.0907 e. The average Bonchev–Trinajstić information content (AvgIpc) is 2.43. The summed E-state index contributed by atoms with van der Waals surface area (Å²) in [5.74, 6) is 0.576. The molecule has 0 saturated carbocycles. The predicted octanol–water partition coefficient (Wildman–Crippen LogP) is 3.34. The molecule has 1 heterocycles. The third kappa shape index (κ3) is 1.32. The number of aryl methyl sites for hydroxylation is 1. The summed E-state index contributed by atoms with van der Waals surface area (Å²) in [6, 6.07) is 6.15. The molecular formula is C9H8ClNS. The molecule has 1 nitrogen and oxygen atoms in total. The molecule has 62 valence electrons. The molecule has 0 aliphatic heterocycles. The molecule has 0 spiro atoms. The van der Waals surface area contributed by atoms with E-state index in [0.29, 0.717) is 5.88 Å². The number of thiazole rings is 1. The summed E-state index contributed by atoms with van der Waals surface area (Å²) in [6.45, 7) is 2.02. The number of benzene rings is 1. The summed E-state index contributed by atoms with van der Waals surface area (Å²) < 4.78 is 1.23. The Morgan fingerprint density at radius 1 is 1.50 bits per heavy atom.